The summed E-state index contributed by atoms with van der Waals surface area (Å²) in [6.45, 7) is 6.30. The smallest absolute Gasteiger partial charge is 0.228 e. The molecule has 1 heterocycles. The molecule has 0 bridgehead atoms. The number of ether oxygens (including phenoxy) is 1. The van der Waals surface area contributed by atoms with Gasteiger partial charge in [0.2, 0.25) is 5.91 Å². The Morgan fingerprint density at radius 1 is 1.64 bits per heavy atom. The van der Waals surface area contributed by atoms with Gasteiger partial charge in [-0.05, 0) is 20.3 Å². The van der Waals surface area contributed by atoms with Crippen LogP contribution in [-0.4, -0.2) is 41.9 Å². The van der Waals surface area contributed by atoms with E-state index in [1.165, 1.54) is 0 Å². The molecule has 0 N–H and O–H groups in total. The molecule has 0 saturated carbocycles. The number of hydrogen-bond donors (Lipinski definition) is 0. The van der Waals surface area contributed by atoms with Crippen LogP contribution in [0, 0.1) is 5.92 Å². The molecule has 1 aliphatic heterocycles. The molecule has 0 spiro atoms. The van der Waals surface area contributed by atoms with E-state index in [1.54, 1.807) is 0 Å². The minimum absolute atomic E-state index is 0.0778. The maximum absolute atomic E-state index is 12.0. The average Bonchev–Trinajstić information content (AvgIpc) is 2.59. The van der Waals surface area contributed by atoms with Crippen LogP contribution < -0.4 is 0 Å². The maximum Gasteiger partial charge on any atom is 0.228 e. The second-order valence-corrected chi connectivity index (χ2v) is 4.37. The number of carbonyl (C=O) groups is 1. The van der Waals surface area contributed by atoms with Crippen molar-refractivity contribution in [2.45, 2.75) is 26.4 Å². The Morgan fingerprint density at radius 3 is 2.79 bits per heavy atom. The molecular weight excluding hydrogens is 246 g/mol. The zero-order chi connectivity index (χ0) is 10.6. The Hall–Kier alpha value is -0.0900. The van der Waals surface area contributed by atoms with Gasteiger partial charge in [0.1, 0.15) is 0 Å². The average molecular weight is 264 g/mol. The molecule has 0 aromatic rings. The minimum Gasteiger partial charge on any atom is -0.378 e. The standard InChI is InChI=1S/C10H18BrNO2/c1-3-12(6-5-11)10(13)9-4-7-14-8(9)2/h8-9H,3-7H2,1-2H3. The topological polar surface area (TPSA) is 29.5 Å². The highest BCUT2D eigenvalue weighted by Crippen LogP contribution is 2.22. The number of carbonyl (C=O) groups excluding carboxylic acids is 1. The highest BCUT2D eigenvalue weighted by Gasteiger charge is 2.32. The van der Waals surface area contributed by atoms with Crippen molar-refractivity contribution in [3.63, 3.8) is 0 Å². The van der Waals surface area contributed by atoms with E-state index in [1.807, 2.05) is 18.7 Å². The lowest BCUT2D eigenvalue weighted by Gasteiger charge is -2.24. The molecule has 4 heteroatoms. The summed E-state index contributed by atoms with van der Waals surface area (Å²) in [5, 5.41) is 0.842. The number of alkyl halides is 1. The molecule has 2 atom stereocenters. The molecule has 1 fully saturated rings. The van der Waals surface area contributed by atoms with Gasteiger partial charge >= 0.3 is 0 Å². The predicted octanol–water partition coefficient (Wildman–Crippen LogP) is 1.65. The van der Waals surface area contributed by atoms with Gasteiger partial charge in [0.25, 0.3) is 0 Å². The molecule has 1 saturated heterocycles. The molecule has 3 nitrogen and oxygen atoms in total. The summed E-state index contributed by atoms with van der Waals surface area (Å²) < 4.78 is 5.40. The van der Waals surface area contributed by atoms with Crippen molar-refractivity contribution in [3.8, 4) is 0 Å². The first-order valence-electron chi connectivity index (χ1n) is 5.17. The zero-order valence-corrected chi connectivity index (χ0v) is 10.4. The van der Waals surface area contributed by atoms with Crippen LogP contribution in [0.3, 0.4) is 0 Å². The lowest BCUT2D eigenvalue weighted by atomic mass is 10.0. The molecule has 0 aliphatic carbocycles. The van der Waals surface area contributed by atoms with Gasteiger partial charge in [0, 0.05) is 25.0 Å². The van der Waals surface area contributed by atoms with Crippen LogP contribution in [0.5, 0.6) is 0 Å². The Morgan fingerprint density at radius 2 is 2.36 bits per heavy atom. The van der Waals surface area contributed by atoms with Crippen LogP contribution in [0.2, 0.25) is 0 Å². The monoisotopic (exact) mass is 263 g/mol. The first-order chi connectivity index (χ1) is 6.70. The largest absolute Gasteiger partial charge is 0.378 e. The van der Waals surface area contributed by atoms with Crippen molar-refractivity contribution in [1.29, 1.82) is 0 Å². The lowest BCUT2D eigenvalue weighted by Crippen LogP contribution is -2.39. The predicted molar refractivity (Wildman–Crippen MR) is 59.6 cm³/mol. The summed E-state index contributed by atoms with van der Waals surface area (Å²) in [5.74, 6) is 0.325. The number of nitrogens with zero attached hydrogens (tertiary/aromatic N) is 1. The van der Waals surface area contributed by atoms with Gasteiger partial charge in [-0.3, -0.25) is 4.79 Å². The molecule has 1 amide bonds. The Balaban J connectivity index is 2.52. The summed E-state index contributed by atoms with van der Waals surface area (Å²) in [5.41, 5.74) is 0. The van der Waals surface area contributed by atoms with Gasteiger partial charge < -0.3 is 9.64 Å². The normalized spacial score (nSPS) is 26.5. The quantitative estimate of drug-likeness (QED) is 0.723. The van der Waals surface area contributed by atoms with E-state index < -0.39 is 0 Å². The molecular formula is C10H18BrNO2. The number of rotatable bonds is 4. The fourth-order valence-electron chi connectivity index (χ4n) is 1.82. The third-order valence-corrected chi connectivity index (χ3v) is 3.10. The van der Waals surface area contributed by atoms with Crippen molar-refractivity contribution in [3.05, 3.63) is 0 Å². The highest BCUT2D eigenvalue weighted by molar-refractivity contribution is 9.09. The number of halogens is 1. The van der Waals surface area contributed by atoms with E-state index in [2.05, 4.69) is 15.9 Å². The third-order valence-electron chi connectivity index (χ3n) is 2.74. The SMILES string of the molecule is CCN(CCBr)C(=O)C1CCOC1C. The summed E-state index contributed by atoms with van der Waals surface area (Å²) in [6, 6.07) is 0. The van der Waals surface area contributed by atoms with E-state index in [9.17, 15) is 4.79 Å². The summed E-state index contributed by atoms with van der Waals surface area (Å²) in [6.07, 6.45) is 0.963. The third kappa shape index (κ3) is 2.70. The van der Waals surface area contributed by atoms with Gasteiger partial charge in [-0.2, -0.15) is 0 Å². The second kappa shape index (κ2) is 5.71. The van der Waals surface area contributed by atoms with Crippen molar-refractivity contribution in [2.75, 3.05) is 25.0 Å². The van der Waals surface area contributed by atoms with Gasteiger partial charge in [-0.15, -0.1) is 0 Å². The van der Waals surface area contributed by atoms with Crippen molar-refractivity contribution < 1.29 is 9.53 Å². The molecule has 0 aromatic carbocycles. The van der Waals surface area contributed by atoms with E-state index >= 15 is 0 Å². The highest BCUT2D eigenvalue weighted by atomic mass is 79.9. The Labute approximate surface area is 93.9 Å². The zero-order valence-electron chi connectivity index (χ0n) is 8.83. The number of hydrogen-bond acceptors (Lipinski definition) is 2. The van der Waals surface area contributed by atoms with Crippen LogP contribution in [0.4, 0.5) is 0 Å². The summed E-state index contributed by atoms with van der Waals surface area (Å²) >= 11 is 3.36. The fourth-order valence-corrected chi connectivity index (χ4v) is 2.24. The number of amides is 1. The maximum atomic E-state index is 12.0. The van der Waals surface area contributed by atoms with Crippen molar-refractivity contribution >= 4 is 21.8 Å². The Bertz CT molecular complexity index is 199. The molecule has 14 heavy (non-hydrogen) atoms. The van der Waals surface area contributed by atoms with E-state index in [4.69, 9.17) is 4.74 Å². The molecule has 0 aromatic heterocycles. The van der Waals surface area contributed by atoms with E-state index in [0.717, 1.165) is 31.4 Å². The van der Waals surface area contributed by atoms with E-state index in [0.29, 0.717) is 0 Å². The van der Waals surface area contributed by atoms with Crippen LogP contribution >= 0.6 is 15.9 Å². The Kier molecular flexibility index (Phi) is 4.89. The minimum atomic E-state index is 0.0778. The second-order valence-electron chi connectivity index (χ2n) is 3.58. The van der Waals surface area contributed by atoms with Gasteiger partial charge in [0.15, 0.2) is 0 Å². The van der Waals surface area contributed by atoms with Gasteiger partial charge in [-0.25, -0.2) is 0 Å². The van der Waals surface area contributed by atoms with Gasteiger partial charge in [-0.1, -0.05) is 15.9 Å². The van der Waals surface area contributed by atoms with Crippen LogP contribution in [-0.2, 0) is 9.53 Å². The lowest BCUT2D eigenvalue weighted by molar-refractivity contribution is -0.136. The molecule has 1 rings (SSSR count). The van der Waals surface area contributed by atoms with Gasteiger partial charge in [0.05, 0.1) is 12.0 Å². The fraction of sp³-hybridized carbons (Fsp3) is 0.900. The van der Waals surface area contributed by atoms with Crippen LogP contribution in [0.1, 0.15) is 20.3 Å². The first kappa shape index (κ1) is 12.0. The van der Waals surface area contributed by atoms with Crippen LogP contribution in [0.25, 0.3) is 0 Å². The first-order valence-corrected chi connectivity index (χ1v) is 6.29. The molecule has 0 radical (unpaired) electrons. The van der Waals surface area contributed by atoms with E-state index in [-0.39, 0.29) is 17.9 Å². The molecule has 1 aliphatic rings. The molecule has 82 valence electrons. The molecule has 2 unspecified atom stereocenters. The summed E-state index contributed by atoms with van der Waals surface area (Å²) in [7, 11) is 0. The van der Waals surface area contributed by atoms with Crippen molar-refractivity contribution in [1.82, 2.24) is 4.90 Å². The van der Waals surface area contributed by atoms with Crippen molar-refractivity contribution in [2.24, 2.45) is 5.92 Å². The van der Waals surface area contributed by atoms with Crippen LogP contribution in [0.15, 0.2) is 0 Å². The summed E-state index contributed by atoms with van der Waals surface area (Å²) in [4.78, 5) is 13.9.